The Bertz CT molecular complexity index is 841. The number of nitrogens with zero attached hydrogens (tertiary/aromatic N) is 2. The van der Waals surface area contributed by atoms with Crippen LogP contribution in [0.1, 0.15) is 27.9 Å². The van der Waals surface area contributed by atoms with Crippen molar-refractivity contribution >= 4 is 5.91 Å². The second-order valence-corrected chi connectivity index (χ2v) is 5.49. The van der Waals surface area contributed by atoms with Crippen LogP contribution in [0.25, 0.3) is 0 Å². The predicted octanol–water partition coefficient (Wildman–Crippen LogP) is 3.10. The van der Waals surface area contributed by atoms with Gasteiger partial charge in [0, 0.05) is 30.9 Å². The molecular weight excluding hydrogens is 380 g/mol. The van der Waals surface area contributed by atoms with Crippen LogP contribution in [0, 0.1) is 0 Å². The molecule has 2 rings (SSSR count). The number of benzene rings is 1. The first-order valence-electron chi connectivity index (χ1n) is 7.58. The lowest BCUT2D eigenvalue weighted by Crippen LogP contribution is -2.28. The van der Waals surface area contributed by atoms with Gasteiger partial charge in [0.15, 0.2) is 0 Å². The van der Waals surface area contributed by atoms with Crippen LogP contribution in [0.2, 0.25) is 0 Å². The molecule has 0 aliphatic heterocycles. The van der Waals surface area contributed by atoms with Crippen molar-refractivity contribution in [3.8, 4) is 0 Å². The third kappa shape index (κ3) is 5.56. The highest BCUT2D eigenvalue weighted by Crippen LogP contribution is 2.36. The van der Waals surface area contributed by atoms with Crippen LogP contribution in [0.5, 0.6) is 0 Å². The molecule has 0 unspecified atom stereocenters. The van der Waals surface area contributed by atoms with E-state index in [0.717, 1.165) is 4.68 Å². The van der Waals surface area contributed by atoms with Crippen molar-refractivity contribution in [2.24, 2.45) is 0 Å². The first-order chi connectivity index (χ1) is 12.5. The third-order valence-corrected chi connectivity index (χ3v) is 3.47. The van der Waals surface area contributed by atoms with Gasteiger partial charge in [-0.1, -0.05) is 0 Å². The van der Waals surface area contributed by atoms with E-state index in [2.05, 4.69) is 10.4 Å². The van der Waals surface area contributed by atoms with E-state index in [0.29, 0.717) is 12.1 Å². The summed E-state index contributed by atoms with van der Waals surface area (Å²) in [7, 11) is 0. The SMILES string of the molecule is O=C(NCCCn1ncccc1=O)c1cc(C(F)(F)F)cc(C(F)(F)F)c1. The number of carbonyl (C=O) groups excluding carboxylic acids is 1. The number of aryl methyl sites for hydroxylation is 1. The highest BCUT2D eigenvalue weighted by molar-refractivity contribution is 5.94. The lowest BCUT2D eigenvalue weighted by atomic mass is 10.0. The molecule has 0 atom stereocenters. The topological polar surface area (TPSA) is 64.0 Å². The highest BCUT2D eigenvalue weighted by atomic mass is 19.4. The van der Waals surface area contributed by atoms with E-state index in [9.17, 15) is 35.9 Å². The van der Waals surface area contributed by atoms with Crippen molar-refractivity contribution in [1.82, 2.24) is 15.1 Å². The zero-order chi connectivity index (χ0) is 20.2. The summed E-state index contributed by atoms with van der Waals surface area (Å²) in [6.45, 7) is 0.0514. The molecule has 5 nitrogen and oxygen atoms in total. The van der Waals surface area contributed by atoms with E-state index < -0.39 is 35.0 Å². The van der Waals surface area contributed by atoms with E-state index in [-0.39, 0.29) is 31.1 Å². The van der Waals surface area contributed by atoms with E-state index >= 15 is 0 Å². The molecule has 146 valence electrons. The van der Waals surface area contributed by atoms with Crippen molar-refractivity contribution in [2.75, 3.05) is 6.54 Å². The van der Waals surface area contributed by atoms with Crippen LogP contribution in [0.3, 0.4) is 0 Å². The van der Waals surface area contributed by atoms with Crippen molar-refractivity contribution < 1.29 is 31.1 Å². The van der Waals surface area contributed by atoms with Crippen LogP contribution in [-0.4, -0.2) is 22.2 Å². The molecule has 1 N–H and O–H groups in total. The zero-order valence-corrected chi connectivity index (χ0v) is 13.6. The Labute approximate surface area is 148 Å². The molecule has 1 aromatic heterocycles. The summed E-state index contributed by atoms with van der Waals surface area (Å²) in [5, 5.41) is 6.00. The average Bonchev–Trinajstić information content (AvgIpc) is 2.58. The summed E-state index contributed by atoms with van der Waals surface area (Å²) in [4.78, 5) is 23.4. The minimum Gasteiger partial charge on any atom is -0.352 e. The van der Waals surface area contributed by atoms with Gasteiger partial charge in [0.2, 0.25) is 0 Å². The quantitative estimate of drug-likeness (QED) is 0.627. The molecule has 1 aromatic carbocycles. The molecule has 1 amide bonds. The standard InChI is InChI=1S/C16H13F6N3O2/c17-15(18,19)11-7-10(8-12(9-11)16(20,21)22)14(27)23-4-2-6-25-13(26)3-1-5-24-25/h1,3,5,7-9H,2,4,6H2,(H,23,27). The molecule has 0 saturated carbocycles. The number of carbonyl (C=O) groups is 1. The number of halogens is 6. The van der Waals surface area contributed by atoms with Gasteiger partial charge in [-0.15, -0.1) is 0 Å². The molecular formula is C16H13F6N3O2. The normalized spacial score (nSPS) is 12.1. The van der Waals surface area contributed by atoms with Crippen molar-refractivity contribution in [1.29, 1.82) is 0 Å². The summed E-state index contributed by atoms with van der Waals surface area (Å²) in [5.41, 5.74) is -4.27. The van der Waals surface area contributed by atoms with Crippen molar-refractivity contribution in [3.05, 3.63) is 63.6 Å². The van der Waals surface area contributed by atoms with Gasteiger partial charge < -0.3 is 5.32 Å². The maximum atomic E-state index is 12.8. The highest BCUT2D eigenvalue weighted by Gasteiger charge is 2.37. The van der Waals surface area contributed by atoms with E-state index in [1.807, 2.05) is 0 Å². The van der Waals surface area contributed by atoms with Gasteiger partial charge in [0.25, 0.3) is 11.5 Å². The first-order valence-corrected chi connectivity index (χ1v) is 7.58. The molecule has 0 aliphatic rings. The molecule has 0 bridgehead atoms. The number of amides is 1. The fourth-order valence-electron chi connectivity index (χ4n) is 2.17. The Hall–Kier alpha value is -2.85. The fraction of sp³-hybridized carbons (Fsp3) is 0.312. The van der Waals surface area contributed by atoms with Crippen LogP contribution in [0.15, 0.2) is 41.3 Å². The summed E-state index contributed by atoms with van der Waals surface area (Å²) in [6.07, 6.45) is -8.48. The minimum absolute atomic E-state index is 0.0513. The lowest BCUT2D eigenvalue weighted by molar-refractivity contribution is -0.143. The third-order valence-electron chi connectivity index (χ3n) is 3.47. The molecule has 27 heavy (non-hydrogen) atoms. The largest absolute Gasteiger partial charge is 0.416 e. The molecule has 0 radical (unpaired) electrons. The molecule has 1 heterocycles. The summed E-state index contributed by atoms with van der Waals surface area (Å²) >= 11 is 0. The number of hydrogen-bond donors (Lipinski definition) is 1. The maximum Gasteiger partial charge on any atom is 0.416 e. The van der Waals surface area contributed by atoms with Gasteiger partial charge in [-0.25, -0.2) is 4.68 Å². The number of aromatic nitrogens is 2. The van der Waals surface area contributed by atoms with Gasteiger partial charge in [-0.05, 0) is 30.7 Å². The minimum atomic E-state index is -5.03. The number of hydrogen-bond acceptors (Lipinski definition) is 3. The van der Waals surface area contributed by atoms with E-state index in [1.54, 1.807) is 0 Å². The molecule has 0 aliphatic carbocycles. The Morgan fingerprint density at radius 2 is 1.63 bits per heavy atom. The molecule has 0 fully saturated rings. The first kappa shape index (κ1) is 20.5. The Balaban J connectivity index is 2.09. The average molecular weight is 393 g/mol. The van der Waals surface area contributed by atoms with Crippen LogP contribution in [0.4, 0.5) is 26.3 Å². The van der Waals surface area contributed by atoms with Gasteiger partial charge in [0.1, 0.15) is 0 Å². The Kier molecular flexibility index (Phi) is 5.91. The number of nitrogens with one attached hydrogen (secondary N) is 1. The van der Waals surface area contributed by atoms with Crippen molar-refractivity contribution in [2.45, 2.75) is 25.3 Å². The van der Waals surface area contributed by atoms with Gasteiger partial charge >= 0.3 is 12.4 Å². The molecule has 0 saturated heterocycles. The number of alkyl halides is 6. The predicted molar refractivity (Wildman–Crippen MR) is 81.9 cm³/mol. The van der Waals surface area contributed by atoms with Crippen LogP contribution >= 0.6 is 0 Å². The van der Waals surface area contributed by atoms with Crippen molar-refractivity contribution in [3.63, 3.8) is 0 Å². The lowest BCUT2D eigenvalue weighted by Gasteiger charge is -2.14. The van der Waals surface area contributed by atoms with Gasteiger partial charge in [-0.2, -0.15) is 31.4 Å². The smallest absolute Gasteiger partial charge is 0.352 e. The zero-order valence-electron chi connectivity index (χ0n) is 13.6. The Morgan fingerprint density at radius 3 is 2.15 bits per heavy atom. The molecule has 2 aromatic rings. The summed E-state index contributed by atoms with van der Waals surface area (Å²) in [5.74, 6) is -1.08. The van der Waals surface area contributed by atoms with Crippen LogP contribution < -0.4 is 10.9 Å². The van der Waals surface area contributed by atoms with E-state index in [4.69, 9.17) is 0 Å². The molecule has 11 heteroatoms. The van der Waals surface area contributed by atoms with Gasteiger partial charge in [0.05, 0.1) is 11.1 Å². The fourth-order valence-corrected chi connectivity index (χ4v) is 2.17. The number of rotatable bonds is 5. The summed E-state index contributed by atoms with van der Waals surface area (Å²) < 4.78 is 77.9. The summed E-state index contributed by atoms with van der Waals surface area (Å²) in [6, 6.07) is 3.37. The maximum absolute atomic E-state index is 12.8. The van der Waals surface area contributed by atoms with Crippen LogP contribution in [-0.2, 0) is 18.9 Å². The van der Waals surface area contributed by atoms with E-state index in [1.165, 1.54) is 18.3 Å². The molecule has 0 spiro atoms. The monoisotopic (exact) mass is 393 g/mol. The Morgan fingerprint density at radius 1 is 1.04 bits per heavy atom. The second kappa shape index (κ2) is 7.80. The second-order valence-electron chi connectivity index (χ2n) is 5.49. The van der Waals surface area contributed by atoms with Gasteiger partial charge in [-0.3, -0.25) is 9.59 Å².